The van der Waals surface area contributed by atoms with Gasteiger partial charge < -0.3 is 14.6 Å². The molecule has 0 atom stereocenters. The molecule has 0 aromatic carbocycles. The molecule has 0 saturated carbocycles. The molecule has 122 valence electrons. The van der Waals surface area contributed by atoms with Gasteiger partial charge in [-0.2, -0.15) is 0 Å². The summed E-state index contributed by atoms with van der Waals surface area (Å²) in [5.74, 6) is 0.757. The number of aliphatic hydroxyl groups excluding tert-OH is 1. The van der Waals surface area contributed by atoms with E-state index in [1.54, 1.807) is 0 Å². The molecule has 0 aliphatic heterocycles. The van der Waals surface area contributed by atoms with Crippen molar-refractivity contribution in [2.24, 2.45) is 0 Å². The lowest BCUT2D eigenvalue weighted by Crippen LogP contribution is -2.31. The monoisotopic (exact) mass is 308 g/mol. The number of aliphatic hydroxyl groups is 1. The third-order valence-electron chi connectivity index (χ3n) is 3.43. The molecule has 20 heavy (non-hydrogen) atoms. The van der Waals surface area contributed by atoms with Crippen LogP contribution in [0, 0.1) is 0 Å². The minimum Gasteiger partial charge on any atom is -0.396 e. The van der Waals surface area contributed by atoms with Gasteiger partial charge in [-0.25, -0.2) is 0 Å². The Hall–Kier alpha value is 0.170. The van der Waals surface area contributed by atoms with Crippen LogP contribution in [0.2, 0.25) is 0 Å². The van der Waals surface area contributed by atoms with Crippen molar-refractivity contribution in [3.05, 3.63) is 0 Å². The molecule has 1 N–H and O–H groups in total. The molecule has 0 radical (unpaired) electrons. The summed E-state index contributed by atoms with van der Waals surface area (Å²) in [4.78, 5) is 0. The van der Waals surface area contributed by atoms with Crippen molar-refractivity contribution in [3.8, 4) is 0 Å². The Bertz CT molecular complexity index is 230. The Morgan fingerprint density at radius 1 is 0.800 bits per heavy atom. The summed E-state index contributed by atoms with van der Waals surface area (Å²) in [5.41, 5.74) is -0.409. The highest BCUT2D eigenvalue weighted by atomic mass is 35.5. The van der Waals surface area contributed by atoms with Gasteiger partial charge in [0.25, 0.3) is 0 Å². The molecule has 0 spiro atoms. The Morgan fingerprint density at radius 2 is 1.35 bits per heavy atom. The second-order valence-corrected chi connectivity index (χ2v) is 6.92. The number of halogens is 1. The van der Waals surface area contributed by atoms with Crippen molar-refractivity contribution in [2.75, 3.05) is 25.7 Å². The second-order valence-electron chi connectivity index (χ2n) is 6.54. The van der Waals surface area contributed by atoms with Gasteiger partial charge in [-0.15, -0.1) is 11.6 Å². The molecule has 0 rings (SSSR count). The van der Waals surface area contributed by atoms with E-state index in [2.05, 4.69) is 13.8 Å². The summed E-state index contributed by atoms with van der Waals surface area (Å²) < 4.78 is 11.7. The van der Waals surface area contributed by atoms with Crippen LogP contribution in [0.1, 0.15) is 66.2 Å². The van der Waals surface area contributed by atoms with Gasteiger partial charge in [-0.1, -0.05) is 12.8 Å². The van der Waals surface area contributed by atoms with E-state index in [4.69, 9.17) is 26.2 Å². The van der Waals surface area contributed by atoms with Crippen molar-refractivity contribution >= 4 is 11.6 Å². The molecule has 0 unspecified atom stereocenters. The molecule has 0 bridgehead atoms. The molecule has 4 heteroatoms. The molecule has 0 fully saturated rings. The zero-order chi connectivity index (χ0) is 15.5. The van der Waals surface area contributed by atoms with Crippen LogP contribution in [0.3, 0.4) is 0 Å². The highest BCUT2D eigenvalue weighted by Crippen LogP contribution is 2.19. The van der Waals surface area contributed by atoms with E-state index in [0.717, 1.165) is 31.7 Å². The fraction of sp³-hybridized carbons (Fsp3) is 1.00. The molecular formula is C16H33ClO3. The van der Waals surface area contributed by atoms with Gasteiger partial charge >= 0.3 is 0 Å². The maximum absolute atomic E-state index is 8.95. The Balaban J connectivity index is 3.68. The zero-order valence-corrected chi connectivity index (χ0v) is 14.5. The van der Waals surface area contributed by atoms with Gasteiger partial charge in [-0.05, 0) is 53.4 Å². The summed E-state index contributed by atoms with van der Waals surface area (Å²) >= 11 is 5.64. The SMILES string of the molecule is CC(C)(CCO)OCCC(C)(C)OCCCCCCCl. The molecule has 0 aromatic heterocycles. The van der Waals surface area contributed by atoms with Crippen LogP contribution in [-0.2, 0) is 9.47 Å². The van der Waals surface area contributed by atoms with Crippen molar-refractivity contribution in [1.82, 2.24) is 0 Å². The normalized spacial score (nSPS) is 12.9. The third-order valence-corrected chi connectivity index (χ3v) is 3.70. The maximum Gasteiger partial charge on any atom is 0.0648 e. The minimum atomic E-state index is -0.258. The summed E-state index contributed by atoms with van der Waals surface area (Å²) in [5, 5.41) is 8.95. The number of rotatable bonds is 13. The molecule has 0 aromatic rings. The van der Waals surface area contributed by atoms with Gasteiger partial charge in [0.2, 0.25) is 0 Å². The highest BCUT2D eigenvalue weighted by molar-refractivity contribution is 6.17. The lowest BCUT2D eigenvalue weighted by Gasteiger charge is -2.29. The molecule has 0 saturated heterocycles. The molecule has 0 heterocycles. The summed E-state index contributed by atoms with van der Waals surface area (Å²) in [6.45, 7) is 9.85. The van der Waals surface area contributed by atoms with Crippen LogP contribution in [0.15, 0.2) is 0 Å². The fourth-order valence-corrected chi connectivity index (χ4v) is 2.07. The summed E-state index contributed by atoms with van der Waals surface area (Å²) in [6, 6.07) is 0. The Morgan fingerprint density at radius 3 is 1.95 bits per heavy atom. The van der Waals surface area contributed by atoms with Crippen LogP contribution in [0.25, 0.3) is 0 Å². The quantitative estimate of drug-likeness (QED) is 0.410. The first-order valence-electron chi connectivity index (χ1n) is 7.78. The average molecular weight is 309 g/mol. The van der Waals surface area contributed by atoms with Crippen molar-refractivity contribution in [1.29, 1.82) is 0 Å². The highest BCUT2D eigenvalue weighted by Gasteiger charge is 2.22. The Kier molecular flexibility index (Phi) is 10.9. The molecule has 0 amide bonds. The summed E-state index contributed by atoms with van der Waals surface area (Å²) in [6.07, 6.45) is 6.09. The maximum atomic E-state index is 8.95. The van der Waals surface area contributed by atoms with E-state index in [9.17, 15) is 0 Å². The molecule has 3 nitrogen and oxygen atoms in total. The van der Waals surface area contributed by atoms with Crippen LogP contribution in [0.4, 0.5) is 0 Å². The van der Waals surface area contributed by atoms with E-state index >= 15 is 0 Å². The van der Waals surface area contributed by atoms with E-state index in [0.29, 0.717) is 13.0 Å². The second kappa shape index (κ2) is 10.8. The topological polar surface area (TPSA) is 38.7 Å². The number of alkyl halides is 1. The van der Waals surface area contributed by atoms with Gasteiger partial charge in [0.05, 0.1) is 17.8 Å². The van der Waals surface area contributed by atoms with Crippen LogP contribution in [0.5, 0.6) is 0 Å². The van der Waals surface area contributed by atoms with Crippen molar-refractivity contribution in [2.45, 2.75) is 77.4 Å². The van der Waals surface area contributed by atoms with Gasteiger partial charge in [0.1, 0.15) is 0 Å². The lowest BCUT2D eigenvalue weighted by atomic mass is 10.0. The predicted molar refractivity (Wildman–Crippen MR) is 85.6 cm³/mol. The van der Waals surface area contributed by atoms with Crippen LogP contribution < -0.4 is 0 Å². The van der Waals surface area contributed by atoms with Crippen molar-refractivity contribution < 1.29 is 14.6 Å². The number of unbranched alkanes of at least 4 members (excludes halogenated alkanes) is 3. The standard InChI is InChI=1S/C16H33ClO3/c1-15(2,9-12-18)20-14-10-16(3,4)19-13-8-6-5-7-11-17/h18H,5-14H2,1-4H3. The predicted octanol–water partition coefficient (Wildman–Crippen LogP) is 4.15. The van der Waals surface area contributed by atoms with Crippen LogP contribution in [-0.4, -0.2) is 42.0 Å². The first-order valence-corrected chi connectivity index (χ1v) is 8.31. The largest absolute Gasteiger partial charge is 0.396 e. The van der Waals surface area contributed by atoms with Crippen molar-refractivity contribution in [3.63, 3.8) is 0 Å². The fourth-order valence-electron chi connectivity index (χ4n) is 1.89. The smallest absolute Gasteiger partial charge is 0.0648 e. The summed E-state index contributed by atoms with van der Waals surface area (Å²) in [7, 11) is 0. The van der Waals surface area contributed by atoms with Crippen LogP contribution >= 0.6 is 11.6 Å². The average Bonchev–Trinajstić information content (AvgIpc) is 2.33. The number of ether oxygens (including phenoxy) is 2. The number of hydrogen-bond donors (Lipinski definition) is 1. The zero-order valence-electron chi connectivity index (χ0n) is 13.7. The third kappa shape index (κ3) is 12.0. The lowest BCUT2D eigenvalue weighted by molar-refractivity contribution is -0.0781. The van der Waals surface area contributed by atoms with E-state index in [-0.39, 0.29) is 17.8 Å². The Labute approximate surface area is 130 Å². The first-order chi connectivity index (χ1) is 9.33. The molecular weight excluding hydrogens is 276 g/mol. The molecule has 0 aliphatic carbocycles. The van der Waals surface area contributed by atoms with E-state index in [1.807, 2.05) is 13.8 Å². The first kappa shape index (κ1) is 20.2. The van der Waals surface area contributed by atoms with E-state index in [1.165, 1.54) is 12.8 Å². The van der Waals surface area contributed by atoms with Gasteiger partial charge in [-0.3, -0.25) is 0 Å². The van der Waals surface area contributed by atoms with Gasteiger partial charge in [0.15, 0.2) is 0 Å². The minimum absolute atomic E-state index is 0.151. The number of hydrogen-bond acceptors (Lipinski definition) is 3. The van der Waals surface area contributed by atoms with E-state index < -0.39 is 0 Å². The van der Waals surface area contributed by atoms with Gasteiger partial charge in [0, 0.05) is 19.1 Å². The molecule has 0 aliphatic rings.